The van der Waals surface area contributed by atoms with E-state index in [1.807, 2.05) is 55.5 Å². The van der Waals surface area contributed by atoms with E-state index in [1.165, 1.54) is 16.4 Å². The van der Waals surface area contributed by atoms with Crippen molar-refractivity contribution in [1.82, 2.24) is 19.4 Å². The fourth-order valence-corrected chi connectivity index (χ4v) is 6.93. The van der Waals surface area contributed by atoms with E-state index < -0.39 is 22.0 Å². The average Bonchev–Trinajstić information content (AvgIpc) is 3.02. The van der Waals surface area contributed by atoms with Crippen LogP contribution in [0.2, 0.25) is 5.02 Å². The summed E-state index contributed by atoms with van der Waals surface area (Å²) in [6.07, 6.45) is 0. The fourth-order valence-electron chi connectivity index (χ4n) is 5.39. The van der Waals surface area contributed by atoms with Gasteiger partial charge in [-0.1, -0.05) is 41.9 Å². The van der Waals surface area contributed by atoms with E-state index in [4.69, 9.17) is 21.1 Å². The lowest BCUT2D eigenvalue weighted by Crippen LogP contribution is -2.53. The van der Waals surface area contributed by atoms with Gasteiger partial charge in [-0.3, -0.25) is 9.80 Å². The Morgan fingerprint density at radius 3 is 2.27 bits per heavy atom. The summed E-state index contributed by atoms with van der Waals surface area (Å²) in [6, 6.07) is 21.6. The summed E-state index contributed by atoms with van der Waals surface area (Å²) in [5.74, 6) is 0.696. The summed E-state index contributed by atoms with van der Waals surface area (Å²) in [4.78, 5) is 30.7. The van der Waals surface area contributed by atoms with Crippen LogP contribution >= 0.6 is 11.6 Å². The standard InChI is InChI=1S/C32H35ClN4O6S/c1-3-37-28(22-35-17-19-36(20-18-35)44(40,41)27-15-13-24(33)14-16-27)29(31(38)42-4-2)30(34-32(37)39)23-9-8-12-26(21-23)43-25-10-6-5-7-11-25/h5-16,21,30H,3-4,17-20,22H2,1-2H3,(H,34,39)/t30-/m0/s1. The number of hydrogen-bond donors (Lipinski definition) is 1. The number of likely N-dealkylation sites (N-methyl/N-ethyl adjacent to an activating group) is 1. The molecular formula is C32H35ClN4O6S. The Bertz CT molecular complexity index is 1620. The normalized spacial score (nSPS) is 18.2. The van der Waals surface area contributed by atoms with Gasteiger partial charge >= 0.3 is 12.0 Å². The number of hydrogen-bond acceptors (Lipinski definition) is 7. The van der Waals surface area contributed by atoms with Crippen molar-refractivity contribution in [2.45, 2.75) is 24.8 Å². The topological polar surface area (TPSA) is 108 Å². The molecule has 3 aromatic rings. The number of esters is 1. The quantitative estimate of drug-likeness (QED) is 0.310. The molecule has 0 radical (unpaired) electrons. The minimum absolute atomic E-state index is 0.167. The van der Waals surface area contributed by atoms with Crippen molar-refractivity contribution >= 4 is 33.6 Å². The van der Waals surface area contributed by atoms with Crippen molar-refractivity contribution in [2.75, 3.05) is 45.9 Å². The Balaban J connectivity index is 1.42. The maximum atomic E-state index is 13.5. The Hall–Kier alpha value is -3.90. The number of carbonyl (C=O) groups excluding carboxylic acids is 2. The van der Waals surface area contributed by atoms with E-state index in [0.717, 1.165) is 0 Å². The van der Waals surface area contributed by atoms with E-state index in [-0.39, 0.29) is 37.2 Å². The van der Waals surface area contributed by atoms with E-state index in [9.17, 15) is 18.0 Å². The molecule has 1 fully saturated rings. The van der Waals surface area contributed by atoms with E-state index in [0.29, 0.717) is 53.0 Å². The third kappa shape index (κ3) is 6.91. The number of para-hydroxylation sites is 1. The largest absolute Gasteiger partial charge is 0.463 e. The smallest absolute Gasteiger partial charge is 0.338 e. The van der Waals surface area contributed by atoms with Gasteiger partial charge in [-0.25, -0.2) is 18.0 Å². The van der Waals surface area contributed by atoms with Crippen LogP contribution in [0.4, 0.5) is 4.79 Å². The maximum Gasteiger partial charge on any atom is 0.338 e. The molecular weight excluding hydrogens is 604 g/mol. The Labute approximate surface area is 262 Å². The Morgan fingerprint density at radius 2 is 1.61 bits per heavy atom. The van der Waals surface area contributed by atoms with Crippen LogP contribution < -0.4 is 10.1 Å². The molecule has 3 aromatic carbocycles. The monoisotopic (exact) mass is 638 g/mol. The number of piperazine rings is 1. The van der Waals surface area contributed by atoms with Gasteiger partial charge in [0.1, 0.15) is 11.5 Å². The zero-order valence-electron chi connectivity index (χ0n) is 24.6. The number of ether oxygens (including phenoxy) is 2. The van der Waals surface area contributed by atoms with Gasteiger partial charge in [0, 0.05) is 50.0 Å². The maximum absolute atomic E-state index is 13.5. The summed E-state index contributed by atoms with van der Waals surface area (Å²) in [6.45, 7) is 5.68. The third-order valence-corrected chi connectivity index (χ3v) is 9.74. The summed E-state index contributed by atoms with van der Waals surface area (Å²) in [5, 5.41) is 3.45. The first-order valence-corrected chi connectivity index (χ1v) is 16.3. The lowest BCUT2D eigenvalue weighted by atomic mass is 9.94. The van der Waals surface area contributed by atoms with Gasteiger partial charge in [0.05, 0.1) is 23.1 Å². The molecule has 0 unspecified atom stereocenters. The van der Waals surface area contributed by atoms with Crippen LogP contribution in [-0.2, 0) is 19.6 Å². The number of halogens is 1. The van der Waals surface area contributed by atoms with Gasteiger partial charge in [-0.2, -0.15) is 4.31 Å². The van der Waals surface area contributed by atoms with Gasteiger partial charge in [0.2, 0.25) is 10.0 Å². The van der Waals surface area contributed by atoms with E-state index >= 15 is 0 Å². The second-order valence-electron chi connectivity index (χ2n) is 10.3. The van der Waals surface area contributed by atoms with Gasteiger partial charge < -0.3 is 14.8 Å². The number of urea groups is 1. The van der Waals surface area contributed by atoms with Crippen molar-refractivity contribution in [1.29, 1.82) is 0 Å². The molecule has 2 amide bonds. The van der Waals surface area contributed by atoms with Crippen molar-refractivity contribution in [3.05, 3.63) is 101 Å². The van der Waals surface area contributed by atoms with Crippen LogP contribution in [0, 0.1) is 0 Å². The first-order valence-electron chi connectivity index (χ1n) is 14.5. The number of nitrogens with zero attached hydrogens (tertiary/aromatic N) is 3. The molecule has 44 heavy (non-hydrogen) atoms. The predicted molar refractivity (Wildman–Crippen MR) is 167 cm³/mol. The van der Waals surface area contributed by atoms with E-state index in [2.05, 4.69) is 10.2 Å². The van der Waals surface area contributed by atoms with Crippen molar-refractivity contribution in [3.8, 4) is 11.5 Å². The second kappa shape index (κ2) is 13.8. The van der Waals surface area contributed by atoms with E-state index in [1.54, 1.807) is 30.0 Å². The molecule has 10 nitrogen and oxygen atoms in total. The highest BCUT2D eigenvalue weighted by Gasteiger charge is 2.39. The van der Waals surface area contributed by atoms with Crippen LogP contribution in [0.3, 0.4) is 0 Å². The first-order chi connectivity index (χ1) is 21.2. The molecule has 0 aliphatic carbocycles. The third-order valence-electron chi connectivity index (χ3n) is 7.58. The molecule has 1 atom stereocenters. The Kier molecular flexibility index (Phi) is 9.90. The minimum Gasteiger partial charge on any atom is -0.463 e. The highest BCUT2D eigenvalue weighted by molar-refractivity contribution is 7.89. The van der Waals surface area contributed by atoms with Crippen LogP contribution in [0.1, 0.15) is 25.5 Å². The molecule has 1 saturated heterocycles. The molecule has 0 aromatic heterocycles. The van der Waals surface area contributed by atoms with Crippen molar-refractivity contribution in [3.63, 3.8) is 0 Å². The highest BCUT2D eigenvalue weighted by Crippen LogP contribution is 2.34. The van der Waals surface area contributed by atoms with Gasteiger partial charge in [-0.05, 0) is 67.9 Å². The minimum atomic E-state index is -3.69. The number of sulfonamides is 1. The predicted octanol–water partition coefficient (Wildman–Crippen LogP) is 5.04. The molecule has 2 aliphatic rings. The fraction of sp³-hybridized carbons (Fsp3) is 0.312. The zero-order valence-corrected chi connectivity index (χ0v) is 26.2. The number of carbonyl (C=O) groups is 2. The highest BCUT2D eigenvalue weighted by atomic mass is 35.5. The van der Waals surface area contributed by atoms with Gasteiger partial charge in [-0.15, -0.1) is 0 Å². The average molecular weight is 639 g/mol. The first kappa shape index (κ1) is 31.5. The van der Waals surface area contributed by atoms with Crippen LogP contribution in [0.5, 0.6) is 11.5 Å². The molecule has 1 N–H and O–H groups in total. The van der Waals surface area contributed by atoms with Crippen LogP contribution in [0.15, 0.2) is 95.0 Å². The summed E-state index contributed by atoms with van der Waals surface area (Å²) < 4.78 is 39.4. The van der Waals surface area contributed by atoms with Crippen molar-refractivity contribution in [2.24, 2.45) is 0 Å². The second-order valence-corrected chi connectivity index (χ2v) is 12.7. The molecule has 0 bridgehead atoms. The number of benzene rings is 3. The van der Waals surface area contributed by atoms with Crippen LogP contribution in [0.25, 0.3) is 0 Å². The molecule has 0 spiro atoms. The number of nitrogens with one attached hydrogen (secondary N) is 1. The molecule has 0 saturated carbocycles. The zero-order chi connectivity index (χ0) is 31.3. The molecule has 5 rings (SSSR count). The summed E-state index contributed by atoms with van der Waals surface area (Å²) >= 11 is 5.95. The molecule has 232 valence electrons. The summed E-state index contributed by atoms with van der Waals surface area (Å²) in [7, 11) is -3.69. The van der Waals surface area contributed by atoms with Gasteiger partial charge in [0.15, 0.2) is 0 Å². The SMILES string of the molecule is CCOC(=O)C1=C(CN2CCN(S(=O)(=O)c3ccc(Cl)cc3)CC2)N(CC)C(=O)N[C@H]1c1cccc(Oc2ccccc2)c1. The van der Waals surface area contributed by atoms with Crippen LogP contribution in [-0.4, -0.2) is 80.4 Å². The molecule has 2 aliphatic heterocycles. The number of amides is 2. The lowest BCUT2D eigenvalue weighted by molar-refractivity contribution is -0.139. The van der Waals surface area contributed by atoms with Crippen molar-refractivity contribution < 1.29 is 27.5 Å². The van der Waals surface area contributed by atoms with Gasteiger partial charge in [0.25, 0.3) is 0 Å². The lowest BCUT2D eigenvalue weighted by Gasteiger charge is -2.40. The summed E-state index contributed by atoms with van der Waals surface area (Å²) in [5.41, 5.74) is 1.53. The molecule has 12 heteroatoms. The Morgan fingerprint density at radius 1 is 0.932 bits per heavy atom. The molecule has 2 heterocycles. The number of rotatable bonds is 10.